The number of aliphatic carboxylic acids is 1. The summed E-state index contributed by atoms with van der Waals surface area (Å²) >= 11 is 5.72. The largest absolute Gasteiger partial charge is 0.480 e. The third kappa shape index (κ3) is 5.27. The van der Waals surface area contributed by atoms with E-state index in [2.05, 4.69) is 10.1 Å². The lowest BCUT2D eigenvalue weighted by Gasteiger charge is -2.13. The van der Waals surface area contributed by atoms with Crippen LogP contribution < -0.4 is 5.32 Å². The number of carboxylic acid groups (broad SMARTS) is 1. The van der Waals surface area contributed by atoms with E-state index in [0.29, 0.717) is 10.6 Å². The van der Waals surface area contributed by atoms with Gasteiger partial charge in [-0.3, -0.25) is 9.59 Å². The average molecular weight is 300 g/mol. The van der Waals surface area contributed by atoms with Gasteiger partial charge in [-0.1, -0.05) is 23.7 Å². The molecule has 0 bridgehead atoms. The van der Waals surface area contributed by atoms with Crippen LogP contribution in [-0.2, 0) is 25.5 Å². The zero-order valence-corrected chi connectivity index (χ0v) is 11.5. The molecule has 1 aromatic carbocycles. The summed E-state index contributed by atoms with van der Waals surface area (Å²) in [5.74, 6) is -2.49. The summed E-state index contributed by atoms with van der Waals surface area (Å²) in [6.45, 7) is 0. The molecule has 6 nitrogen and oxygen atoms in total. The quantitative estimate of drug-likeness (QED) is 0.765. The van der Waals surface area contributed by atoms with E-state index in [1.54, 1.807) is 24.3 Å². The van der Waals surface area contributed by atoms with Crippen molar-refractivity contribution >= 4 is 29.4 Å². The summed E-state index contributed by atoms with van der Waals surface area (Å²) in [6.07, 6.45) is -0.416. The minimum atomic E-state index is -1.30. The van der Waals surface area contributed by atoms with Crippen LogP contribution in [0.2, 0.25) is 5.02 Å². The summed E-state index contributed by atoms with van der Waals surface area (Å²) in [5, 5.41) is 11.7. The number of carboxylic acids is 1. The molecule has 2 N–H and O–H groups in total. The zero-order chi connectivity index (χ0) is 15.1. The maximum absolute atomic E-state index is 11.7. The van der Waals surface area contributed by atoms with Crippen molar-refractivity contribution in [2.75, 3.05) is 7.11 Å². The van der Waals surface area contributed by atoms with Gasteiger partial charge in [-0.15, -0.1) is 0 Å². The average Bonchev–Trinajstić information content (AvgIpc) is 2.40. The maximum atomic E-state index is 11.7. The molecule has 0 heterocycles. The van der Waals surface area contributed by atoms with Gasteiger partial charge >= 0.3 is 11.9 Å². The highest BCUT2D eigenvalue weighted by Gasteiger charge is 2.23. The predicted octanol–water partition coefficient (Wildman–Crippen LogP) is 1.01. The van der Waals surface area contributed by atoms with Crippen LogP contribution in [0.5, 0.6) is 0 Å². The first-order valence-electron chi connectivity index (χ1n) is 5.75. The maximum Gasteiger partial charge on any atom is 0.326 e. The first kappa shape index (κ1) is 16.0. The van der Waals surface area contributed by atoms with Crippen molar-refractivity contribution in [2.45, 2.75) is 18.9 Å². The molecular weight excluding hydrogens is 286 g/mol. The number of ether oxygens (including phenoxy) is 1. The molecule has 20 heavy (non-hydrogen) atoms. The van der Waals surface area contributed by atoms with Crippen molar-refractivity contribution in [3.8, 4) is 0 Å². The van der Waals surface area contributed by atoms with Crippen LogP contribution in [0.3, 0.4) is 0 Å². The number of esters is 1. The summed E-state index contributed by atoms with van der Waals surface area (Å²) in [4.78, 5) is 33.7. The van der Waals surface area contributed by atoms with Gasteiger partial charge in [0, 0.05) is 5.02 Å². The van der Waals surface area contributed by atoms with Crippen LogP contribution in [0.4, 0.5) is 0 Å². The monoisotopic (exact) mass is 299 g/mol. The van der Waals surface area contributed by atoms with Crippen LogP contribution in [0.15, 0.2) is 24.3 Å². The van der Waals surface area contributed by atoms with Crippen LogP contribution in [0.1, 0.15) is 12.0 Å². The molecule has 1 aromatic rings. The molecule has 0 aliphatic heterocycles. The summed E-state index contributed by atoms with van der Waals surface area (Å²) < 4.78 is 4.38. The smallest absolute Gasteiger partial charge is 0.326 e. The minimum Gasteiger partial charge on any atom is -0.480 e. The Labute approximate surface area is 120 Å². The van der Waals surface area contributed by atoms with Gasteiger partial charge < -0.3 is 15.2 Å². The van der Waals surface area contributed by atoms with E-state index in [9.17, 15) is 14.4 Å². The summed E-state index contributed by atoms with van der Waals surface area (Å²) in [7, 11) is 1.15. The standard InChI is InChI=1S/C13H14ClNO5/c1-20-12(17)7-10(13(18)19)15-11(16)6-8-2-4-9(14)5-3-8/h2-5,10H,6-7H2,1H3,(H,15,16)(H,18,19)/t10-/m0/s1. The third-order valence-corrected chi connectivity index (χ3v) is 2.76. The highest BCUT2D eigenvalue weighted by Crippen LogP contribution is 2.10. The highest BCUT2D eigenvalue weighted by atomic mass is 35.5. The molecule has 0 unspecified atom stereocenters. The Kier molecular flexibility index (Phi) is 5.99. The van der Waals surface area contributed by atoms with E-state index in [1.807, 2.05) is 0 Å². The molecule has 0 aliphatic carbocycles. The Balaban J connectivity index is 2.60. The van der Waals surface area contributed by atoms with Crippen LogP contribution >= 0.6 is 11.6 Å². The Morgan fingerprint density at radius 3 is 2.40 bits per heavy atom. The lowest BCUT2D eigenvalue weighted by Crippen LogP contribution is -2.43. The number of carbonyl (C=O) groups excluding carboxylic acids is 2. The normalized spacial score (nSPS) is 11.5. The first-order valence-corrected chi connectivity index (χ1v) is 6.13. The number of hydrogen-bond donors (Lipinski definition) is 2. The molecule has 108 valence electrons. The second-order valence-electron chi connectivity index (χ2n) is 4.04. The van der Waals surface area contributed by atoms with E-state index in [1.165, 1.54) is 0 Å². The van der Waals surface area contributed by atoms with E-state index in [-0.39, 0.29) is 6.42 Å². The van der Waals surface area contributed by atoms with Gasteiger partial charge in [0.15, 0.2) is 0 Å². The van der Waals surface area contributed by atoms with Crippen LogP contribution in [0.25, 0.3) is 0 Å². The number of amides is 1. The highest BCUT2D eigenvalue weighted by molar-refractivity contribution is 6.30. The van der Waals surface area contributed by atoms with E-state index in [0.717, 1.165) is 7.11 Å². The van der Waals surface area contributed by atoms with E-state index < -0.39 is 30.3 Å². The van der Waals surface area contributed by atoms with Crippen molar-refractivity contribution < 1.29 is 24.2 Å². The Morgan fingerprint density at radius 1 is 1.30 bits per heavy atom. The van der Waals surface area contributed by atoms with Gasteiger partial charge in [0.2, 0.25) is 5.91 Å². The van der Waals surface area contributed by atoms with Crippen molar-refractivity contribution in [3.05, 3.63) is 34.9 Å². The first-order chi connectivity index (χ1) is 9.42. The van der Waals surface area contributed by atoms with Gasteiger partial charge in [0.05, 0.1) is 20.0 Å². The molecule has 0 saturated heterocycles. The predicted molar refractivity (Wildman–Crippen MR) is 71.4 cm³/mol. The van der Waals surface area contributed by atoms with Gasteiger partial charge in [0.25, 0.3) is 0 Å². The van der Waals surface area contributed by atoms with Crippen molar-refractivity contribution in [2.24, 2.45) is 0 Å². The molecule has 0 fully saturated rings. The van der Waals surface area contributed by atoms with E-state index >= 15 is 0 Å². The van der Waals surface area contributed by atoms with Gasteiger partial charge in [-0.05, 0) is 17.7 Å². The number of carbonyl (C=O) groups is 3. The molecule has 0 spiro atoms. The number of rotatable bonds is 6. The number of methoxy groups -OCH3 is 1. The number of hydrogen-bond acceptors (Lipinski definition) is 4. The summed E-state index contributed by atoms with van der Waals surface area (Å²) in [5.41, 5.74) is 0.689. The van der Waals surface area contributed by atoms with Crippen molar-refractivity contribution in [1.82, 2.24) is 5.32 Å². The van der Waals surface area contributed by atoms with Gasteiger partial charge in [-0.25, -0.2) is 4.79 Å². The minimum absolute atomic E-state index is 0.00210. The Bertz CT molecular complexity index is 500. The van der Waals surface area contributed by atoms with Gasteiger partial charge in [-0.2, -0.15) is 0 Å². The fourth-order valence-electron chi connectivity index (χ4n) is 1.48. The molecule has 1 rings (SSSR count). The van der Waals surface area contributed by atoms with Crippen molar-refractivity contribution in [1.29, 1.82) is 0 Å². The number of benzene rings is 1. The zero-order valence-electron chi connectivity index (χ0n) is 10.8. The molecule has 0 aliphatic rings. The van der Waals surface area contributed by atoms with Gasteiger partial charge in [0.1, 0.15) is 6.04 Å². The topological polar surface area (TPSA) is 92.7 Å². The lowest BCUT2D eigenvalue weighted by molar-refractivity contribution is -0.148. The lowest BCUT2D eigenvalue weighted by atomic mass is 10.1. The fourth-order valence-corrected chi connectivity index (χ4v) is 1.61. The second kappa shape index (κ2) is 7.49. The molecule has 1 atom stereocenters. The Hall–Kier alpha value is -2.08. The molecule has 0 aromatic heterocycles. The number of nitrogens with one attached hydrogen (secondary N) is 1. The number of halogens is 1. The molecule has 7 heteroatoms. The molecule has 0 radical (unpaired) electrons. The Morgan fingerprint density at radius 2 is 1.90 bits per heavy atom. The SMILES string of the molecule is COC(=O)C[C@H](NC(=O)Cc1ccc(Cl)cc1)C(=O)O. The summed E-state index contributed by atoms with van der Waals surface area (Å²) in [6, 6.07) is 5.29. The van der Waals surface area contributed by atoms with E-state index in [4.69, 9.17) is 16.7 Å². The fraction of sp³-hybridized carbons (Fsp3) is 0.308. The molecule has 0 saturated carbocycles. The third-order valence-electron chi connectivity index (χ3n) is 2.51. The van der Waals surface area contributed by atoms with Crippen LogP contribution in [-0.4, -0.2) is 36.1 Å². The second-order valence-corrected chi connectivity index (χ2v) is 4.48. The van der Waals surface area contributed by atoms with Crippen LogP contribution in [0, 0.1) is 0 Å². The molecular formula is C13H14ClNO5. The molecule has 1 amide bonds. The van der Waals surface area contributed by atoms with Crippen molar-refractivity contribution in [3.63, 3.8) is 0 Å².